The van der Waals surface area contributed by atoms with Gasteiger partial charge < -0.3 is 15.0 Å². The lowest BCUT2D eigenvalue weighted by atomic mass is 10.1. The molecule has 0 saturated carbocycles. The number of hydrazone groups is 1. The maximum absolute atomic E-state index is 12.9. The summed E-state index contributed by atoms with van der Waals surface area (Å²) < 4.78 is 5.57. The average Bonchev–Trinajstić information content (AvgIpc) is 2.85. The number of hydrogen-bond acceptors (Lipinski definition) is 5. The Labute approximate surface area is 199 Å². The molecule has 3 aromatic carbocycles. The second kappa shape index (κ2) is 12.0. The fraction of sp³-hybridized carbons (Fsp3) is 0.148. The number of para-hydroxylation sites is 1. The molecular formula is C27H28N4O3. The van der Waals surface area contributed by atoms with E-state index < -0.39 is 11.8 Å². The van der Waals surface area contributed by atoms with Crippen molar-refractivity contribution >= 4 is 29.8 Å². The average molecular weight is 457 g/mol. The molecule has 3 aromatic rings. The number of benzene rings is 3. The first-order valence-electron chi connectivity index (χ1n) is 10.9. The predicted octanol–water partition coefficient (Wildman–Crippen LogP) is 4.07. The van der Waals surface area contributed by atoms with E-state index in [0.29, 0.717) is 17.9 Å². The smallest absolute Gasteiger partial charge is 0.287 e. The minimum Gasteiger partial charge on any atom is -0.493 e. The molecule has 0 atom stereocenters. The molecule has 0 spiro atoms. The van der Waals surface area contributed by atoms with Crippen LogP contribution in [-0.4, -0.2) is 38.7 Å². The Bertz CT molecular complexity index is 1170. The summed E-state index contributed by atoms with van der Waals surface area (Å²) in [5, 5.41) is 6.76. The van der Waals surface area contributed by atoms with Crippen LogP contribution in [0.5, 0.6) is 5.75 Å². The first-order valence-corrected chi connectivity index (χ1v) is 10.9. The standard InChI is InChI=1S/C27H28N4O3/c1-4-34-25-13-9-8-12-22(25)19-28-30-27(33)24(29-26(32)21-10-6-5-7-11-21)18-20-14-16-23(17-15-20)31(2)3/h5-19H,4H2,1-3H3,(H,29,32)(H,30,33)/b24-18+,28-19-. The quantitative estimate of drug-likeness (QED) is 0.289. The number of ether oxygens (including phenoxy) is 1. The molecule has 0 saturated heterocycles. The first kappa shape index (κ1) is 24.3. The highest BCUT2D eigenvalue weighted by Gasteiger charge is 2.14. The highest BCUT2D eigenvalue weighted by Crippen LogP contribution is 2.16. The van der Waals surface area contributed by atoms with Crippen LogP contribution in [0.3, 0.4) is 0 Å². The number of nitrogens with one attached hydrogen (secondary N) is 2. The maximum atomic E-state index is 12.9. The molecule has 0 aromatic heterocycles. The normalized spacial score (nSPS) is 11.2. The van der Waals surface area contributed by atoms with Crippen LogP contribution in [0.1, 0.15) is 28.4 Å². The van der Waals surface area contributed by atoms with E-state index >= 15 is 0 Å². The van der Waals surface area contributed by atoms with Crippen molar-refractivity contribution in [1.29, 1.82) is 0 Å². The minimum absolute atomic E-state index is 0.0710. The lowest BCUT2D eigenvalue weighted by Crippen LogP contribution is -2.32. The van der Waals surface area contributed by atoms with E-state index in [0.717, 1.165) is 16.8 Å². The molecule has 0 aliphatic carbocycles. The molecule has 2 amide bonds. The molecule has 0 fully saturated rings. The van der Waals surface area contributed by atoms with E-state index in [4.69, 9.17) is 4.74 Å². The molecule has 34 heavy (non-hydrogen) atoms. The van der Waals surface area contributed by atoms with Gasteiger partial charge in [-0.1, -0.05) is 42.5 Å². The van der Waals surface area contributed by atoms with E-state index in [9.17, 15) is 9.59 Å². The van der Waals surface area contributed by atoms with Crippen molar-refractivity contribution in [3.8, 4) is 5.75 Å². The third-order valence-corrected chi connectivity index (χ3v) is 4.84. The van der Waals surface area contributed by atoms with Crippen LogP contribution in [0.2, 0.25) is 0 Å². The molecular weight excluding hydrogens is 428 g/mol. The van der Waals surface area contributed by atoms with Gasteiger partial charge in [0, 0.05) is 30.9 Å². The Morgan fingerprint density at radius 3 is 2.29 bits per heavy atom. The van der Waals surface area contributed by atoms with Gasteiger partial charge in [0.25, 0.3) is 11.8 Å². The Kier molecular flexibility index (Phi) is 8.57. The molecule has 7 heteroatoms. The van der Waals surface area contributed by atoms with Crippen LogP contribution in [0.4, 0.5) is 5.69 Å². The van der Waals surface area contributed by atoms with Gasteiger partial charge in [0.2, 0.25) is 0 Å². The topological polar surface area (TPSA) is 83.0 Å². The van der Waals surface area contributed by atoms with E-state index in [1.807, 2.05) is 80.5 Å². The van der Waals surface area contributed by atoms with E-state index in [1.54, 1.807) is 30.3 Å². The number of anilines is 1. The van der Waals surface area contributed by atoms with Gasteiger partial charge in [0.05, 0.1) is 12.8 Å². The van der Waals surface area contributed by atoms with Gasteiger partial charge in [0.1, 0.15) is 11.4 Å². The van der Waals surface area contributed by atoms with Gasteiger partial charge in [-0.2, -0.15) is 5.10 Å². The van der Waals surface area contributed by atoms with Gasteiger partial charge in [-0.05, 0) is 55.0 Å². The number of nitrogens with zero attached hydrogens (tertiary/aromatic N) is 2. The maximum Gasteiger partial charge on any atom is 0.287 e. The molecule has 0 radical (unpaired) electrons. The molecule has 0 aliphatic rings. The summed E-state index contributed by atoms with van der Waals surface area (Å²) in [5.74, 6) is -0.277. The number of carbonyl (C=O) groups is 2. The molecule has 0 unspecified atom stereocenters. The van der Waals surface area contributed by atoms with Crippen molar-refractivity contribution in [3.05, 3.63) is 101 Å². The summed E-state index contributed by atoms with van der Waals surface area (Å²) in [6.45, 7) is 2.41. The Balaban J connectivity index is 1.82. The second-order valence-electron chi connectivity index (χ2n) is 7.53. The minimum atomic E-state index is -0.550. The zero-order valence-corrected chi connectivity index (χ0v) is 19.5. The molecule has 3 rings (SSSR count). The van der Waals surface area contributed by atoms with Crippen molar-refractivity contribution < 1.29 is 14.3 Å². The van der Waals surface area contributed by atoms with Gasteiger partial charge >= 0.3 is 0 Å². The largest absolute Gasteiger partial charge is 0.493 e. The predicted molar refractivity (Wildman–Crippen MR) is 136 cm³/mol. The third-order valence-electron chi connectivity index (χ3n) is 4.84. The number of hydrogen-bond donors (Lipinski definition) is 2. The Morgan fingerprint density at radius 2 is 1.62 bits per heavy atom. The zero-order chi connectivity index (χ0) is 24.3. The van der Waals surface area contributed by atoms with Gasteiger partial charge in [-0.15, -0.1) is 0 Å². The Morgan fingerprint density at radius 1 is 0.941 bits per heavy atom. The molecule has 0 heterocycles. The highest BCUT2D eigenvalue weighted by molar-refractivity contribution is 6.05. The van der Waals surface area contributed by atoms with E-state index in [2.05, 4.69) is 15.8 Å². The SMILES string of the molecule is CCOc1ccccc1/C=N\NC(=O)/C(=C\c1ccc(N(C)C)cc1)NC(=O)c1ccccc1. The van der Waals surface area contributed by atoms with Gasteiger partial charge in [-0.25, -0.2) is 5.43 Å². The zero-order valence-electron chi connectivity index (χ0n) is 19.5. The summed E-state index contributed by atoms with van der Waals surface area (Å²) in [6.07, 6.45) is 3.12. The van der Waals surface area contributed by atoms with Crippen LogP contribution in [0.25, 0.3) is 6.08 Å². The lowest BCUT2D eigenvalue weighted by Gasteiger charge is -2.13. The fourth-order valence-electron chi connectivity index (χ4n) is 3.07. The molecule has 7 nitrogen and oxygen atoms in total. The van der Waals surface area contributed by atoms with Gasteiger partial charge in [0.15, 0.2) is 0 Å². The van der Waals surface area contributed by atoms with Crippen molar-refractivity contribution in [1.82, 2.24) is 10.7 Å². The van der Waals surface area contributed by atoms with Crippen LogP contribution in [-0.2, 0) is 4.79 Å². The van der Waals surface area contributed by atoms with Crippen molar-refractivity contribution in [2.75, 3.05) is 25.6 Å². The summed E-state index contributed by atoms with van der Waals surface area (Å²) in [7, 11) is 3.90. The molecule has 174 valence electrons. The van der Waals surface area contributed by atoms with Crippen molar-refractivity contribution in [3.63, 3.8) is 0 Å². The second-order valence-corrected chi connectivity index (χ2v) is 7.53. The first-order chi connectivity index (χ1) is 16.5. The summed E-state index contributed by atoms with van der Waals surface area (Å²) in [4.78, 5) is 27.6. The monoisotopic (exact) mass is 456 g/mol. The summed E-state index contributed by atoms with van der Waals surface area (Å²) >= 11 is 0. The van der Waals surface area contributed by atoms with E-state index in [-0.39, 0.29) is 5.70 Å². The Hall–Kier alpha value is -4.39. The van der Waals surface area contributed by atoms with Crippen molar-refractivity contribution in [2.45, 2.75) is 6.92 Å². The van der Waals surface area contributed by atoms with Crippen LogP contribution in [0, 0.1) is 0 Å². The van der Waals surface area contributed by atoms with E-state index in [1.165, 1.54) is 6.21 Å². The number of rotatable bonds is 9. The molecule has 2 N–H and O–H groups in total. The molecule has 0 aliphatic heterocycles. The number of amides is 2. The summed E-state index contributed by atoms with van der Waals surface area (Å²) in [5.41, 5.74) is 5.51. The highest BCUT2D eigenvalue weighted by atomic mass is 16.5. The van der Waals surface area contributed by atoms with Crippen LogP contribution < -0.4 is 20.4 Å². The van der Waals surface area contributed by atoms with Crippen LogP contribution >= 0.6 is 0 Å². The lowest BCUT2D eigenvalue weighted by molar-refractivity contribution is -0.117. The van der Waals surface area contributed by atoms with Gasteiger partial charge in [-0.3, -0.25) is 9.59 Å². The van der Waals surface area contributed by atoms with Crippen LogP contribution in [0.15, 0.2) is 89.7 Å². The van der Waals surface area contributed by atoms with Crippen molar-refractivity contribution in [2.24, 2.45) is 5.10 Å². The third kappa shape index (κ3) is 6.80. The fourth-order valence-corrected chi connectivity index (χ4v) is 3.07. The summed E-state index contributed by atoms with van der Waals surface area (Å²) in [6, 6.07) is 23.7. The number of carbonyl (C=O) groups excluding carboxylic acids is 2. The molecule has 0 bridgehead atoms.